The molecule has 65 heavy (non-hydrogen) atoms. The van der Waals surface area contributed by atoms with Crippen molar-refractivity contribution in [1.29, 1.82) is 0 Å². The molecule has 0 saturated carbocycles. The molecule has 0 aliphatic heterocycles. The molecule has 0 radical (unpaired) electrons. The summed E-state index contributed by atoms with van der Waals surface area (Å²) in [5.41, 5.74) is 0. The van der Waals surface area contributed by atoms with Gasteiger partial charge in [0.1, 0.15) is 66.6 Å². The minimum atomic E-state index is -4.62. The molecular weight excluding hydrogens is 883 g/mol. The quantitative estimate of drug-likeness (QED) is 0.0481. The number of fused-ring (bicyclic) bond motifs is 1. The van der Waals surface area contributed by atoms with Gasteiger partial charge in [0, 0.05) is 0 Å². The van der Waals surface area contributed by atoms with Crippen LogP contribution in [0.15, 0.2) is 228 Å². The lowest BCUT2D eigenvalue weighted by Gasteiger charge is -2.28. The molecule has 0 unspecified atom stereocenters. The molecule has 0 atom stereocenters. The number of hydrogen-bond acceptors (Lipinski definition) is 6. The summed E-state index contributed by atoms with van der Waals surface area (Å²) >= 11 is 0. The highest BCUT2D eigenvalue weighted by molar-refractivity contribution is 7.96. The lowest BCUT2D eigenvalue weighted by molar-refractivity contribution is 0.461. The predicted molar refractivity (Wildman–Crippen MR) is 272 cm³/mol. The fourth-order valence-electron chi connectivity index (χ4n) is 8.86. The van der Waals surface area contributed by atoms with Gasteiger partial charge < -0.3 is 9.11 Å². The highest BCUT2D eigenvalue weighted by Gasteiger charge is 2.45. The van der Waals surface area contributed by atoms with Gasteiger partial charge in [-0.2, -0.15) is 0 Å². The van der Waals surface area contributed by atoms with Crippen LogP contribution >= 0.6 is 14.5 Å². The number of hydrogen-bond donors (Lipinski definition) is 0. The van der Waals surface area contributed by atoms with Crippen LogP contribution in [0.5, 0.6) is 0 Å². The van der Waals surface area contributed by atoms with Crippen LogP contribution in [0.3, 0.4) is 0 Å². The largest absolute Gasteiger partial charge is 0.744 e. The Labute approximate surface area is 386 Å². The van der Waals surface area contributed by atoms with E-state index in [2.05, 4.69) is 182 Å². The van der Waals surface area contributed by atoms with Gasteiger partial charge in [0.25, 0.3) is 0 Å². The van der Waals surface area contributed by atoms with E-state index in [1.165, 1.54) is 101 Å². The van der Waals surface area contributed by atoms with Crippen molar-refractivity contribution in [2.75, 3.05) is 12.3 Å². The first-order chi connectivity index (χ1) is 31.5. The van der Waals surface area contributed by atoms with Crippen molar-refractivity contribution < 1.29 is 25.9 Å². The van der Waals surface area contributed by atoms with Crippen LogP contribution in [-0.2, 0) is 20.2 Å². The second-order valence-electron chi connectivity index (χ2n) is 16.1. The number of rotatable bonds is 18. The maximum atomic E-state index is 10.8. The zero-order chi connectivity index (χ0) is 45.6. The molecule has 0 fully saturated rings. The molecule has 0 amide bonds. The Morgan fingerprint density at radius 3 is 0.754 bits per heavy atom. The zero-order valence-corrected chi connectivity index (χ0v) is 39.7. The smallest absolute Gasteiger partial charge is 0.124 e. The van der Waals surface area contributed by atoms with Crippen molar-refractivity contribution in [3.63, 3.8) is 0 Å². The van der Waals surface area contributed by atoms with Gasteiger partial charge in [0.15, 0.2) is 0 Å². The third-order valence-corrected chi connectivity index (χ3v) is 22.7. The standard InChI is InChI=1S/C45H48P2.C10H8O6S2/c1(2-4-24-38-46(40-26-12-6-13-27-40,41-28-14-7-15-29-41)42-30-16-8-17-31-42)3-5-25-39-47(43-32-18-9-19-33-43,44-34-20-10-21-35-44)45-36-22-11-23-37-45;11-17(12,13)9-3-1-7-2-4-10(18(14,15)16)6-8(7)5-9/h6-23,26-37H,1-5,24-25,38-39H2;1-6H,(H,11,12,13)(H,14,15,16)/q+2;/p-2. The van der Waals surface area contributed by atoms with Crippen molar-refractivity contribution in [3.8, 4) is 0 Å². The van der Waals surface area contributed by atoms with Crippen LogP contribution < -0.4 is 31.8 Å². The molecule has 0 N–H and O–H groups in total. The molecule has 332 valence electrons. The van der Waals surface area contributed by atoms with Gasteiger partial charge in [-0.05, 0) is 134 Å². The first kappa shape index (κ1) is 47.7. The van der Waals surface area contributed by atoms with Crippen LogP contribution in [0, 0.1) is 0 Å². The minimum Gasteiger partial charge on any atom is -0.744 e. The summed E-state index contributed by atoms with van der Waals surface area (Å²) in [6.45, 7) is 0. The third kappa shape index (κ3) is 11.8. The van der Waals surface area contributed by atoms with Gasteiger partial charge in [0.2, 0.25) is 0 Å². The summed E-state index contributed by atoms with van der Waals surface area (Å²) in [4.78, 5) is -0.953. The monoisotopic (exact) mass is 936 g/mol. The lowest BCUT2D eigenvalue weighted by atomic mass is 10.1. The van der Waals surface area contributed by atoms with Crippen LogP contribution in [0.1, 0.15) is 44.9 Å². The van der Waals surface area contributed by atoms with Crippen LogP contribution in [0.2, 0.25) is 0 Å². The summed E-state index contributed by atoms with van der Waals surface area (Å²) in [5.74, 6) is 0. The summed E-state index contributed by atoms with van der Waals surface area (Å²) in [7, 11) is -12.7. The van der Waals surface area contributed by atoms with E-state index in [0.717, 1.165) is 24.3 Å². The van der Waals surface area contributed by atoms with E-state index >= 15 is 0 Å². The Morgan fingerprint density at radius 2 is 0.523 bits per heavy atom. The molecule has 8 aromatic carbocycles. The van der Waals surface area contributed by atoms with Gasteiger partial charge in [-0.15, -0.1) is 0 Å². The molecule has 10 heteroatoms. The summed E-state index contributed by atoms with van der Waals surface area (Å²) in [5, 5.41) is 9.72. The van der Waals surface area contributed by atoms with E-state index < -0.39 is 44.6 Å². The van der Waals surface area contributed by atoms with Crippen molar-refractivity contribution in [1.82, 2.24) is 0 Å². The molecule has 8 aromatic rings. The third-order valence-electron chi connectivity index (χ3n) is 12.0. The van der Waals surface area contributed by atoms with Crippen LogP contribution in [0.4, 0.5) is 0 Å². The fourth-order valence-corrected chi connectivity index (χ4v) is 18.7. The lowest BCUT2D eigenvalue weighted by Crippen LogP contribution is -2.33. The van der Waals surface area contributed by atoms with Gasteiger partial charge >= 0.3 is 0 Å². The second kappa shape index (κ2) is 22.3. The Bertz CT molecular complexity index is 2550. The maximum Gasteiger partial charge on any atom is 0.124 e. The van der Waals surface area contributed by atoms with Crippen LogP contribution in [0.25, 0.3) is 10.8 Å². The first-order valence-corrected chi connectivity index (χ1v) is 28.8. The molecular formula is C55H54O6P2S2. The molecule has 8 rings (SSSR count). The van der Waals surface area contributed by atoms with E-state index in [0.29, 0.717) is 5.39 Å². The molecule has 6 nitrogen and oxygen atoms in total. The van der Waals surface area contributed by atoms with Gasteiger partial charge in [-0.3, -0.25) is 0 Å². The molecule has 0 aliphatic carbocycles. The second-order valence-corrected chi connectivity index (χ2v) is 26.1. The molecule has 0 aromatic heterocycles. The molecule has 0 spiro atoms. The summed E-state index contributed by atoms with van der Waals surface area (Å²) in [6, 6.07) is 75.1. The number of benzene rings is 8. The van der Waals surface area contributed by atoms with Crippen molar-refractivity contribution >= 4 is 77.4 Å². The Morgan fingerprint density at radius 1 is 0.292 bits per heavy atom. The van der Waals surface area contributed by atoms with Gasteiger partial charge in [0.05, 0.1) is 22.1 Å². The van der Waals surface area contributed by atoms with Gasteiger partial charge in [-0.25, -0.2) is 16.8 Å². The van der Waals surface area contributed by atoms with E-state index in [1.54, 1.807) is 0 Å². The molecule has 0 aliphatic rings. The van der Waals surface area contributed by atoms with E-state index in [-0.39, 0.29) is 5.39 Å². The summed E-state index contributed by atoms with van der Waals surface area (Å²) in [6.07, 6.45) is 11.5. The predicted octanol–water partition coefficient (Wildman–Crippen LogP) is 10.4. The summed E-state index contributed by atoms with van der Waals surface area (Å²) < 4.78 is 64.9. The van der Waals surface area contributed by atoms with E-state index in [1.807, 2.05) is 0 Å². The molecule has 0 saturated heterocycles. The van der Waals surface area contributed by atoms with Crippen molar-refractivity contribution in [2.45, 2.75) is 54.7 Å². The maximum absolute atomic E-state index is 10.8. The average Bonchev–Trinajstić information content (AvgIpc) is 3.34. The zero-order valence-electron chi connectivity index (χ0n) is 36.3. The average molecular weight is 937 g/mol. The minimum absolute atomic E-state index is 0.198. The molecule has 0 bridgehead atoms. The van der Waals surface area contributed by atoms with Crippen molar-refractivity contribution in [3.05, 3.63) is 218 Å². The topological polar surface area (TPSA) is 114 Å². The highest BCUT2D eigenvalue weighted by atomic mass is 32.2. The van der Waals surface area contributed by atoms with Gasteiger partial charge in [-0.1, -0.05) is 141 Å². The molecule has 0 heterocycles. The first-order valence-electron chi connectivity index (χ1n) is 22.1. The van der Waals surface area contributed by atoms with E-state index in [9.17, 15) is 25.9 Å². The fraction of sp³-hybridized carbons (Fsp3) is 0.164. The number of unbranched alkanes of at least 4 members (excludes halogenated alkanes) is 6. The van der Waals surface area contributed by atoms with E-state index in [4.69, 9.17) is 0 Å². The normalized spacial score (nSPS) is 12.0. The highest BCUT2D eigenvalue weighted by Crippen LogP contribution is 2.57. The Kier molecular flexibility index (Phi) is 16.3. The Balaban J connectivity index is 0.000000292. The van der Waals surface area contributed by atoms with Crippen molar-refractivity contribution in [2.24, 2.45) is 0 Å². The SMILES string of the molecule is O=S(=O)([O-])c1ccc2ccc(S(=O)(=O)[O-])cc2c1.c1ccc([P+](CCCCCCCCC[P+](c2ccccc2)(c2ccccc2)c2ccccc2)(c2ccccc2)c2ccccc2)cc1. The van der Waals surface area contributed by atoms with Crippen LogP contribution in [-0.4, -0.2) is 38.3 Å². The Hall–Kier alpha value is -5.30.